The van der Waals surface area contributed by atoms with Gasteiger partial charge in [-0.25, -0.2) is 4.39 Å². The van der Waals surface area contributed by atoms with Gasteiger partial charge in [0.15, 0.2) is 0 Å². The molecule has 0 radical (unpaired) electrons. The molecule has 0 bridgehead atoms. The van der Waals surface area contributed by atoms with Crippen molar-refractivity contribution >= 4 is 40.5 Å². The lowest BCUT2D eigenvalue weighted by Gasteiger charge is -2.10. The van der Waals surface area contributed by atoms with E-state index in [9.17, 15) is 9.18 Å². The third-order valence-electron chi connectivity index (χ3n) is 2.42. The predicted octanol–water partition coefficient (Wildman–Crippen LogP) is 3.97. The summed E-state index contributed by atoms with van der Waals surface area (Å²) in [5.41, 5.74) is 6.04. The van der Waals surface area contributed by atoms with Crippen molar-refractivity contribution in [2.45, 2.75) is 0 Å². The second-order valence-corrected chi connectivity index (χ2v) is 4.61. The third-order valence-corrected chi connectivity index (χ3v) is 3.02. The first-order chi connectivity index (χ1) is 8.99. The predicted molar refractivity (Wildman–Crippen MR) is 75.2 cm³/mol. The molecule has 0 spiro atoms. The number of nitrogens with two attached hydrogens (primary N) is 1. The Balaban J connectivity index is 2.32. The van der Waals surface area contributed by atoms with Crippen LogP contribution < -0.4 is 11.1 Å². The van der Waals surface area contributed by atoms with Gasteiger partial charge in [0.1, 0.15) is 5.82 Å². The minimum Gasteiger partial charge on any atom is -0.399 e. The van der Waals surface area contributed by atoms with Crippen molar-refractivity contribution in [1.29, 1.82) is 0 Å². The highest BCUT2D eigenvalue weighted by atomic mass is 35.5. The van der Waals surface area contributed by atoms with Crippen molar-refractivity contribution in [2.75, 3.05) is 11.1 Å². The van der Waals surface area contributed by atoms with Crippen molar-refractivity contribution in [3.63, 3.8) is 0 Å². The van der Waals surface area contributed by atoms with E-state index in [1.165, 1.54) is 30.3 Å². The van der Waals surface area contributed by atoms with Crippen LogP contribution in [-0.4, -0.2) is 5.91 Å². The molecule has 2 rings (SSSR count). The molecule has 0 aliphatic rings. The molecule has 2 aromatic carbocycles. The van der Waals surface area contributed by atoms with E-state index in [1.807, 2.05) is 0 Å². The van der Waals surface area contributed by atoms with Crippen LogP contribution in [0.1, 0.15) is 10.4 Å². The number of hydrogen-bond acceptors (Lipinski definition) is 2. The van der Waals surface area contributed by atoms with Crippen molar-refractivity contribution in [3.8, 4) is 0 Å². The topological polar surface area (TPSA) is 55.1 Å². The molecule has 0 aromatic heterocycles. The maximum absolute atomic E-state index is 13.5. The second kappa shape index (κ2) is 5.47. The molecule has 0 heterocycles. The van der Waals surface area contributed by atoms with Crippen LogP contribution in [0, 0.1) is 5.82 Å². The molecule has 3 nitrogen and oxygen atoms in total. The Morgan fingerprint density at radius 2 is 1.74 bits per heavy atom. The van der Waals surface area contributed by atoms with E-state index in [-0.39, 0.29) is 21.3 Å². The summed E-state index contributed by atoms with van der Waals surface area (Å²) in [6, 6.07) is 8.51. The maximum Gasteiger partial charge on any atom is 0.258 e. The molecule has 0 atom stereocenters. The second-order valence-electron chi connectivity index (χ2n) is 3.79. The lowest BCUT2D eigenvalue weighted by atomic mass is 10.2. The summed E-state index contributed by atoms with van der Waals surface area (Å²) in [4.78, 5) is 11.9. The van der Waals surface area contributed by atoms with Crippen LogP contribution in [0.2, 0.25) is 10.0 Å². The summed E-state index contributed by atoms with van der Waals surface area (Å²) in [6.07, 6.45) is 0. The highest BCUT2D eigenvalue weighted by Crippen LogP contribution is 2.33. The van der Waals surface area contributed by atoms with Crippen LogP contribution in [0.3, 0.4) is 0 Å². The van der Waals surface area contributed by atoms with Gasteiger partial charge in [0.2, 0.25) is 0 Å². The SMILES string of the molecule is Nc1cc(Cl)c(NC(=O)c2ccccc2F)c(Cl)c1. The Morgan fingerprint density at radius 1 is 1.16 bits per heavy atom. The van der Waals surface area contributed by atoms with E-state index in [0.29, 0.717) is 5.69 Å². The van der Waals surface area contributed by atoms with Gasteiger partial charge in [-0.2, -0.15) is 0 Å². The van der Waals surface area contributed by atoms with E-state index < -0.39 is 11.7 Å². The number of carbonyl (C=O) groups is 1. The molecule has 1 amide bonds. The summed E-state index contributed by atoms with van der Waals surface area (Å²) in [6.45, 7) is 0. The summed E-state index contributed by atoms with van der Waals surface area (Å²) in [7, 11) is 0. The number of halogens is 3. The van der Waals surface area contributed by atoms with Gasteiger partial charge in [0.05, 0.1) is 21.3 Å². The van der Waals surface area contributed by atoms with Gasteiger partial charge < -0.3 is 11.1 Å². The number of hydrogen-bond donors (Lipinski definition) is 2. The molecule has 98 valence electrons. The molecular weight excluding hydrogens is 290 g/mol. The number of rotatable bonds is 2. The average molecular weight is 299 g/mol. The van der Waals surface area contributed by atoms with E-state index >= 15 is 0 Å². The van der Waals surface area contributed by atoms with Crippen molar-refractivity contribution in [1.82, 2.24) is 0 Å². The number of nitrogens with one attached hydrogen (secondary N) is 1. The number of anilines is 2. The van der Waals surface area contributed by atoms with E-state index in [1.54, 1.807) is 6.07 Å². The Hall–Kier alpha value is -1.78. The molecule has 3 N–H and O–H groups in total. The summed E-state index contributed by atoms with van der Waals surface area (Å²) >= 11 is 11.9. The standard InChI is InChI=1S/C13H9Cl2FN2O/c14-9-5-7(17)6-10(15)12(9)18-13(19)8-3-1-2-4-11(8)16/h1-6H,17H2,(H,18,19). The zero-order chi connectivity index (χ0) is 14.0. The Bertz CT molecular complexity index is 623. The van der Waals surface area contributed by atoms with Crippen LogP contribution >= 0.6 is 23.2 Å². The number of amides is 1. The summed E-state index contributed by atoms with van der Waals surface area (Å²) in [5, 5.41) is 2.84. The largest absolute Gasteiger partial charge is 0.399 e. The van der Waals surface area contributed by atoms with Crippen molar-refractivity contribution in [2.24, 2.45) is 0 Å². The first-order valence-corrected chi connectivity index (χ1v) is 6.05. The maximum atomic E-state index is 13.5. The molecular formula is C13H9Cl2FN2O. The van der Waals surface area contributed by atoms with Gasteiger partial charge in [-0.15, -0.1) is 0 Å². The fraction of sp³-hybridized carbons (Fsp3) is 0. The molecule has 19 heavy (non-hydrogen) atoms. The van der Waals surface area contributed by atoms with E-state index in [0.717, 1.165) is 0 Å². The van der Waals surface area contributed by atoms with Gasteiger partial charge in [-0.05, 0) is 24.3 Å². The molecule has 0 unspecified atom stereocenters. The highest BCUT2D eigenvalue weighted by molar-refractivity contribution is 6.40. The van der Waals surface area contributed by atoms with Gasteiger partial charge >= 0.3 is 0 Å². The molecule has 0 aliphatic heterocycles. The number of carbonyl (C=O) groups excluding carboxylic acids is 1. The van der Waals surface area contributed by atoms with Crippen LogP contribution in [0.25, 0.3) is 0 Å². The molecule has 0 saturated carbocycles. The number of nitrogen functional groups attached to an aromatic ring is 1. The summed E-state index contributed by atoms with van der Waals surface area (Å²) in [5.74, 6) is -1.26. The quantitative estimate of drug-likeness (QED) is 0.824. The minimum absolute atomic E-state index is 0.0912. The van der Waals surface area contributed by atoms with Crippen LogP contribution in [0.15, 0.2) is 36.4 Å². The van der Waals surface area contributed by atoms with E-state index in [2.05, 4.69) is 5.32 Å². The zero-order valence-corrected chi connectivity index (χ0v) is 11.1. The Labute approximate surface area is 119 Å². The normalized spacial score (nSPS) is 10.3. The van der Waals surface area contributed by atoms with Gasteiger partial charge in [-0.1, -0.05) is 35.3 Å². The summed E-state index contributed by atoms with van der Waals surface area (Å²) < 4.78 is 13.5. The first-order valence-electron chi connectivity index (χ1n) is 5.29. The van der Waals surface area contributed by atoms with Crippen LogP contribution in [-0.2, 0) is 0 Å². The lowest BCUT2D eigenvalue weighted by Crippen LogP contribution is -2.14. The Morgan fingerprint density at radius 3 is 2.32 bits per heavy atom. The molecule has 0 fully saturated rings. The highest BCUT2D eigenvalue weighted by Gasteiger charge is 2.15. The Kier molecular flexibility index (Phi) is 3.93. The monoisotopic (exact) mass is 298 g/mol. The molecule has 6 heteroatoms. The van der Waals surface area contributed by atoms with Crippen molar-refractivity contribution < 1.29 is 9.18 Å². The molecule has 0 aliphatic carbocycles. The fourth-order valence-corrected chi connectivity index (χ4v) is 2.14. The average Bonchev–Trinajstić information content (AvgIpc) is 2.34. The van der Waals surface area contributed by atoms with Crippen molar-refractivity contribution in [3.05, 3.63) is 57.8 Å². The number of benzene rings is 2. The lowest BCUT2D eigenvalue weighted by molar-refractivity contribution is 0.102. The minimum atomic E-state index is -0.633. The smallest absolute Gasteiger partial charge is 0.258 e. The van der Waals surface area contributed by atoms with Gasteiger partial charge in [0, 0.05) is 5.69 Å². The van der Waals surface area contributed by atoms with Crippen LogP contribution in [0.5, 0.6) is 0 Å². The molecule has 0 saturated heterocycles. The van der Waals surface area contributed by atoms with Gasteiger partial charge in [-0.3, -0.25) is 4.79 Å². The fourth-order valence-electron chi connectivity index (χ4n) is 1.54. The molecule has 2 aromatic rings. The first kappa shape index (κ1) is 13.6. The van der Waals surface area contributed by atoms with Crippen LogP contribution in [0.4, 0.5) is 15.8 Å². The van der Waals surface area contributed by atoms with Gasteiger partial charge in [0.25, 0.3) is 5.91 Å². The van der Waals surface area contributed by atoms with E-state index in [4.69, 9.17) is 28.9 Å². The third kappa shape index (κ3) is 2.97. The zero-order valence-electron chi connectivity index (χ0n) is 9.58.